The van der Waals surface area contributed by atoms with Crippen LogP contribution in [0, 0.1) is 0 Å². The molecule has 0 atom stereocenters. The van der Waals surface area contributed by atoms with E-state index in [0.29, 0.717) is 12.2 Å². The second kappa shape index (κ2) is 6.77. The summed E-state index contributed by atoms with van der Waals surface area (Å²) in [6.45, 7) is 4.24. The van der Waals surface area contributed by atoms with Crippen molar-refractivity contribution in [2.24, 2.45) is 0 Å². The van der Waals surface area contributed by atoms with E-state index in [-0.39, 0.29) is 24.1 Å². The van der Waals surface area contributed by atoms with Gasteiger partial charge in [-0.3, -0.25) is 14.7 Å². The normalized spacial score (nSPS) is 10.3. The lowest BCUT2D eigenvalue weighted by Gasteiger charge is -2.18. The van der Waals surface area contributed by atoms with Crippen molar-refractivity contribution in [3.05, 3.63) is 11.4 Å². The number of rotatable bonds is 6. The summed E-state index contributed by atoms with van der Waals surface area (Å²) in [4.78, 5) is 25.0. The number of hydrogen-bond acceptors (Lipinski definition) is 4. The van der Waals surface area contributed by atoms with Crippen molar-refractivity contribution in [2.45, 2.75) is 26.7 Å². The summed E-state index contributed by atoms with van der Waals surface area (Å²) in [5, 5.41) is 9.23. The van der Waals surface area contributed by atoms with E-state index >= 15 is 0 Å². The first-order valence-corrected chi connectivity index (χ1v) is 6.37. The number of nitrogens with zero attached hydrogens (tertiary/aromatic N) is 2. The van der Waals surface area contributed by atoms with Gasteiger partial charge in [-0.25, -0.2) is 0 Å². The highest BCUT2D eigenvalue weighted by molar-refractivity contribution is 5.99. The number of H-pyrrole nitrogens is 1. The van der Waals surface area contributed by atoms with Crippen LogP contribution in [0.2, 0.25) is 0 Å². The topological polar surface area (TPSA) is 104 Å². The van der Waals surface area contributed by atoms with Gasteiger partial charge in [-0.05, 0) is 13.3 Å². The summed E-state index contributed by atoms with van der Waals surface area (Å²) in [7, 11) is 1.53. The number of carbonyl (C=O) groups is 2. The first kappa shape index (κ1) is 15.0. The van der Waals surface area contributed by atoms with E-state index in [4.69, 9.17) is 5.73 Å². The smallest absolute Gasteiger partial charge is 0.276 e. The number of amides is 2. The summed E-state index contributed by atoms with van der Waals surface area (Å²) in [5.74, 6) is -0.555. The van der Waals surface area contributed by atoms with Gasteiger partial charge in [-0.1, -0.05) is 13.3 Å². The molecule has 0 unspecified atom stereocenters. The van der Waals surface area contributed by atoms with Gasteiger partial charge in [-0.15, -0.1) is 0 Å². The third kappa shape index (κ3) is 3.46. The first-order chi connectivity index (χ1) is 9.04. The minimum absolute atomic E-state index is 0.00123. The maximum atomic E-state index is 12.2. The number of hydrogen-bond donors (Lipinski definition) is 3. The average molecular weight is 267 g/mol. The number of aromatic amines is 1. The Hall–Kier alpha value is -2.05. The van der Waals surface area contributed by atoms with Crippen molar-refractivity contribution in [1.29, 1.82) is 0 Å². The predicted molar refractivity (Wildman–Crippen MR) is 72.6 cm³/mol. The molecule has 19 heavy (non-hydrogen) atoms. The molecule has 0 radical (unpaired) electrons. The van der Waals surface area contributed by atoms with Crippen molar-refractivity contribution >= 4 is 17.5 Å². The van der Waals surface area contributed by atoms with Crippen LogP contribution in [0.15, 0.2) is 0 Å². The highest BCUT2D eigenvalue weighted by atomic mass is 16.2. The lowest BCUT2D eigenvalue weighted by molar-refractivity contribution is -0.121. The molecule has 7 heteroatoms. The molecular weight excluding hydrogens is 246 g/mol. The van der Waals surface area contributed by atoms with Crippen LogP contribution in [0.1, 0.15) is 36.5 Å². The molecule has 1 rings (SSSR count). The van der Waals surface area contributed by atoms with Crippen LogP contribution in [0.4, 0.5) is 5.69 Å². The Balaban J connectivity index is 2.88. The molecule has 0 aliphatic carbocycles. The second-order valence-corrected chi connectivity index (χ2v) is 4.21. The molecule has 0 fully saturated rings. The molecule has 106 valence electrons. The average Bonchev–Trinajstić information content (AvgIpc) is 2.77. The zero-order valence-electron chi connectivity index (χ0n) is 11.6. The lowest BCUT2D eigenvalue weighted by atomic mass is 10.2. The zero-order valence-corrected chi connectivity index (χ0v) is 11.6. The molecule has 0 aliphatic rings. The Morgan fingerprint density at radius 3 is 2.63 bits per heavy atom. The van der Waals surface area contributed by atoms with Gasteiger partial charge in [0.05, 0.1) is 17.9 Å². The van der Waals surface area contributed by atoms with Gasteiger partial charge in [0.25, 0.3) is 5.91 Å². The first-order valence-electron chi connectivity index (χ1n) is 6.37. The highest BCUT2D eigenvalue weighted by Gasteiger charge is 2.23. The number of aromatic nitrogens is 2. The molecule has 1 aromatic heterocycles. The fourth-order valence-corrected chi connectivity index (χ4v) is 1.72. The fraction of sp³-hybridized carbons (Fsp3) is 0.583. The van der Waals surface area contributed by atoms with Crippen LogP contribution in [0.5, 0.6) is 0 Å². The van der Waals surface area contributed by atoms with Gasteiger partial charge in [0.1, 0.15) is 0 Å². The van der Waals surface area contributed by atoms with Gasteiger partial charge in [0.15, 0.2) is 5.69 Å². The molecule has 0 saturated heterocycles. The number of nitrogen functional groups attached to an aromatic ring is 1. The van der Waals surface area contributed by atoms with Crippen molar-refractivity contribution in [1.82, 2.24) is 20.4 Å². The number of nitrogens with two attached hydrogens (primary N) is 1. The number of nitrogens with one attached hydrogen (secondary N) is 2. The van der Waals surface area contributed by atoms with E-state index in [1.165, 1.54) is 11.9 Å². The van der Waals surface area contributed by atoms with E-state index in [1.807, 2.05) is 6.92 Å². The van der Waals surface area contributed by atoms with Crippen molar-refractivity contribution in [2.75, 3.05) is 25.9 Å². The molecule has 2 amide bonds. The summed E-state index contributed by atoms with van der Waals surface area (Å²) in [6.07, 6.45) is 1.66. The standard InChI is InChI=1S/C12H21N5O2/c1-4-6-8-10(13)11(16-15-8)12(19)17(5-2)7-9(18)14-3/h4-7,13H2,1-3H3,(H,14,18)(H,15,16). The number of likely N-dealkylation sites (N-methyl/N-ethyl adjacent to an activating group) is 2. The second-order valence-electron chi connectivity index (χ2n) is 4.21. The van der Waals surface area contributed by atoms with Crippen LogP contribution in [0.25, 0.3) is 0 Å². The largest absolute Gasteiger partial charge is 0.395 e. The predicted octanol–water partition coefficient (Wildman–Crippen LogP) is 0.153. The van der Waals surface area contributed by atoms with Crippen LogP contribution < -0.4 is 11.1 Å². The van der Waals surface area contributed by atoms with Crippen molar-refractivity contribution < 1.29 is 9.59 Å². The van der Waals surface area contributed by atoms with Crippen LogP contribution in [-0.4, -0.2) is 47.0 Å². The van der Waals surface area contributed by atoms with Crippen LogP contribution in [-0.2, 0) is 11.2 Å². The summed E-state index contributed by atoms with van der Waals surface area (Å²) in [6, 6.07) is 0. The Morgan fingerprint density at radius 2 is 2.11 bits per heavy atom. The third-order valence-electron chi connectivity index (χ3n) is 2.87. The molecule has 0 aromatic carbocycles. The number of carbonyl (C=O) groups excluding carboxylic acids is 2. The van der Waals surface area contributed by atoms with E-state index < -0.39 is 0 Å². The van der Waals surface area contributed by atoms with Gasteiger partial charge >= 0.3 is 0 Å². The Kier molecular flexibility index (Phi) is 5.35. The Morgan fingerprint density at radius 1 is 1.42 bits per heavy atom. The zero-order chi connectivity index (χ0) is 14.4. The summed E-state index contributed by atoms with van der Waals surface area (Å²) in [5.41, 5.74) is 7.24. The molecule has 0 aliphatic heterocycles. The Bertz CT molecular complexity index is 455. The minimum atomic E-state index is -0.331. The maximum absolute atomic E-state index is 12.2. The fourth-order valence-electron chi connectivity index (χ4n) is 1.72. The van der Waals surface area contributed by atoms with E-state index in [2.05, 4.69) is 15.5 Å². The summed E-state index contributed by atoms with van der Waals surface area (Å²) >= 11 is 0. The molecule has 0 saturated carbocycles. The molecule has 1 aromatic rings. The molecule has 7 nitrogen and oxygen atoms in total. The third-order valence-corrected chi connectivity index (χ3v) is 2.87. The van der Waals surface area contributed by atoms with E-state index in [0.717, 1.165) is 18.5 Å². The van der Waals surface area contributed by atoms with E-state index in [1.54, 1.807) is 6.92 Å². The summed E-state index contributed by atoms with van der Waals surface area (Å²) < 4.78 is 0. The van der Waals surface area contributed by atoms with Gasteiger partial charge in [0, 0.05) is 13.6 Å². The quantitative estimate of drug-likeness (QED) is 0.682. The molecule has 4 N–H and O–H groups in total. The van der Waals surface area contributed by atoms with Gasteiger partial charge in [0.2, 0.25) is 5.91 Å². The van der Waals surface area contributed by atoms with Crippen molar-refractivity contribution in [3.8, 4) is 0 Å². The van der Waals surface area contributed by atoms with Crippen molar-refractivity contribution in [3.63, 3.8) is 0 Å². The number of anilines is 1. The highest BCUT2D eigenvalue weighted by Crippen LogP contribution is 2.17. The SMILES string of the molecule is CCCc1[nH]nc(C(=O)N(CC)CC(=O)NC)c1N. The van der Waals surface area contributed by atoms with Crippen LogP contribution >= 0.6 is 0 Å². The molecular formula is C12H21N5O2. The van der Waals surface area contributed by atoms with E-state index in [9.17, 15) is 9.59 Å². The van der Waals surface area contributed by atoms with Gasteiger partial charge in [-0.2, -0.15) is 5.10 Å². The number of aryl methyl sites for hydroxylation is 1. The molecule has 1 heterocycles. The van der Waals surface area contributed by atoms with Gasteiger partial charge < -0.3 is 16.0 Å². The monoisotopic (exact) mass is 267 g/mol. The molecule has 0 bridgehead atoms. The lowest BCUT2D eigenvalue weighted by Crippen LogP contribution is -2.39. The minimum Gasteiger partial charge on any atom is -0.395 e. The molecule has 0 spiro atoms. The maximum Gasteiger partial charge on any atom is 0.276 e. The van der Waals surface area contributed by atoms with Crippen LogP contribution in [0.3, 0.4) is 0 Å². The Labute approximate surface area is 112 Å².